The Hall–Kier alpha value is -1.90. The molecule has 2 aromatic rings. The number of carbonyl (C=O) groups excluding carboxylic acids is 1. The molecule has 0 saturated heterocycles. The number of pyridine rings is 1. The molecule has 1 aromatic heterocycles. The van der Waals surface area contributed by atoms with Gasteiger partial charge in [-0.1, -0.05) is 24.3 Å². The van der Waals surface area contributed by atoms with Crippen LogP contribution in [0.3, 0.4) is 0 Å². The molecule has 1 amide bonds. The van der Waals surface area contributed by atoms with Gasteiger partial charge in [-0.15, -0.1) is 0 Å². The van der Waals surface area contributed by atoms with Crippen LogP contribution in [0.2, 0.25) is 0 Å². The maximum atomic E-state index is 10.7. The van der Waals surface area contributed by atoms with Crippen molar-refractivity contribution in [1.29, 1.82) is 0 Å². The second-order valence-corrected chi connectivity index (χ2v) is 3.14. The van der Waals surface area contributed by atoms with E-state index in [4.69, 9.17) is 5.73 Å². The summed E-state index contributed by atoms with van der Waals surface area (Å²) in [6, 6.07) is 11.5. The predicted octanol–water partition coefficient (Wildman–Crippen LogP) is 1.26. The lowest BCUT2D eigenvalue weighted by molar-refractivity contribution is -0.117. The van der Waals surface area contributed by atoms with Gasteiger partial charge in [0.1, 0.15) is 0 Å². The van der Waals surface area contributed by atoms with Gasteiger partial charge in [-0.05, 0) is 12.1 Å². The van der Waals surface area contributed by atoms with Crippen molar-refractivity contribution in [3.8, 4) is 0 Å². The summed E-state index contributed by atoms with van der Waals surface area (Å²) in [5.41, 5.74) is 6.70. The van der Waals surface area contributed by atoms with Gasteiger partial charge in [0, 0.05) is 5.39 Å². The number of carbonyl (C=O) groups is 1. The van der Waals surface area contributed by atoms with E-state index in [2.05, 4.69) is 4.98 Å². The van der Waals surface area contributed by atoms with E-state index in [1.165, 1.54) is 0 Å². The molecule has 0 aliphatic rings. The fourth-order valence-corrected chi connectivity index (χ4v) is 1.39. The average Bonchev–Trinajstić information content (AvgIpc) is 2.17. The number of rotatable bonds is 2. The molecule has 14 heavy (non-hydrogen) atoms. The molecule has 70 valence electrons. The summed E-state index contributed by atoms with van der Waals surface area (Å²) in [6.45, 7) is 0. The summed E-state index contributed by atoms with van der Waals surface area (Å²) >= 11 is 0. The molecule has 0 aliphatic carbocycles. The molecule has 0 bridgehead atoms. The molecule has 0 unspecified atom stereocenters. The van der Waals surface area contributed by atoms with Crippen LogP contribution in [0.1, 0.15) is 5.69 Å². The van der Waals surface area contributed by atoms with Crippen LogP contribution in [0.25, 0.3) is 10.9 Å². The fourth-order valence-electron chi connectivity index (χ4n) is 1.39. The van der Waals surface area contributed by atoms with Gasteiger partial charge in [0.05, 0.1) is 17.6 Å². The fraction of sp³-hybridized carbons (Fsp3) is 0.0909. The Labute approximate surface area is 81.6 Å². The lowest BCUT2D eigenvalue weighted by Crippen LogP contribution is -2.14. The molecule has 3 heteroatoms. The van der Waals surface area contributed by atoms with E-state index in [0.29, 0.717) is 0 Å². The second kappa shape index (κ2) is 3.46. The summed E-state index contributed by atoms with van der Waals surface area (Å²) < 4.78 is 0. The molecule has 0 saturated carbocycles. The molecular formula is C11H10N2O. The van der Waals surface area contributed by atoms with E-state index >= 15 is 0 Å². The highest BCUT2D eigenvalue weighted by Gasteiger charge is 2.00. The predicted molar refractivity (Wildman–Crippen MR) is 54.6 cm³/mol. The number of amides is 1. The number of nitrogens with zero attached hydrogens (tertiary/aromatic N) is 1. The smallest absolute Gasteiger partial charge is 0.223 e. The van der Waals surface area contributed by atoms with E-state index in [1.54, 1.807) is 0 Å². The van der Waals surface area contributed by atoms with Gasteiger partial charge in [-0.2, -0.15) is 0 Å². The van der Waals surface area contributed by atoms with Crippen molar-refractivity contribution >= 4 is 16.8 Å². The topological polar surface area (TPSA) is 56.0 Å². The van der Waals surface area contributed by atoms with Crippen LogP contribution in [0.4, 0.5) is 0 Å². The number of aromatic nitrogens is 1. The lowest BCUT2D eigenvalue weighted by Gasteiger charge is -1.99. The first-order valence-corrected chi connectivity index (χ1v) is 4.39. The van der Waals surface area contributed by atoms with Crippen LogP contribution in [0, 0.1) is 0 Å². The van der Waals surface area contributed by atoms with Crippen LogP contribution in [-0.4, -0.2) is 10.9 Å². The van der Waals surface area contributed by atoms with Gasteiger partial charge in [-0.25, -0.2) is 0 Å². The number of para-hydroxylation sites is 1. The van der Waals surface area contributed by atoms with E-state index in [-0.39, 0.29) is 12.3 Å². The first-order valence-electron chi connectivity index (χ1n) is 4.39. The van der Waals surface area contributed by atoms with Crippen molar-refractivity contribution in [3.05, 3.63) is 42.1 Å². The Bertz CT molecular complexity index is 479. The van der Waals surface area contributed by atoms with Gasteiger partial charge in [0.2, 0.25) is 5.91 Å². The van der Waals surface area contributed by atoms with Crippen molar-refractivity contribution in [2.75, 3.05) is 0 Å². The zero-order chi connectivity index (χ0) is 9.97. The minimum absolute atomic E-state index is 0.199. The molecule has 0 fully saturated rings. The molecule has 1 aromatic carbocycles. The number of fused-ring (bicyclic) bond motifs is 1. The molecule has 1 heterocycles. The number of benzene rings is 1. The van der Waals surface area contributed by atoms with E-state index < -0.39 is 0 Å². The van der Waals surface area contributed by atoms with E-state index in [9.17, 15) is 4.79 Å². The number of hydrogen-bond donors (Lipinski definition) is 1. The first kappa shape index (κ1) is 8.69. The van der Waals surface area contributed by atoms with Gasteiger partial charge < -0.3 is 5.73 Å². The summed E-state index contributed by atoms with van der Waals surface area (Å²) in [5, 5.41) is 1.07. The average molecular weight is 186 g/mol. The quantitative estimate of drug-likeness (QED) is 0.767. The Kier molecular flexibility index (Phi) is 2.14. The normalized spacial score (nSPS) is 10.3. The third-order valence-corrected chi connectivity index (χ3v) is 2.01. The van der Waals surface area contributed by atoms with Crippen molar-refractivity contribution in [1.82, 2.24) is 4.98 Å². The molecule has 0 atom stereocenters. The third-order valence-electron chi connectivity index (χ3n) is 2.01. The van der Waals surface area contributed by atoms with Crippen molar-refractivity contribution in [2.45, 2.75) is 6.42 Å². The first-order chi connectivity index (χ1) is 6.75. The maximum absolute atomic E-state index is 10.7. The van der Waals surface area contributed by atoms with Crippen LogP contribution >= 0.6 is 0 Å². The minimum atomic E-state index is -0.354. The molecule has 0 spiro atoms. The lowest BCUT2D eigenvalue weighted by atomic mass is 10.2. The zero-order valence-corrected chi connectivity index (χ0v) is 7.60. The summed E-state index contributed by atoms with van der Waals surface area (Å²) in [5.74, 6) is -0.354. The molecule has 2 N–H and O–H groups in total. The Balaban J connectivity index is 2.46. The molecule has 0 radical (unpaired) electrons. The van der Waals surface area contributed by atoms with Crippen LogP contribution < -0.4 is 5.73 Å². The SMILES string of the molecule is NC(=O)Cc1ccc2ccccc2n1. The highest BCUT2D eigenvalue weighted by Crippen LogP contribution is 2.11. The monoisotopic (exact) mass is 186 g/mol. The number of primary amides is 1. The molecule has 0 aliphatic heterocycles. The van der Waals surface area contributed by atoms with Crippen LogP contribution in [0.15, 0.2) is 36.4 Å². The number of nitrogens with two attached hydrogens (primary N) is 1. The van der Waals surface area contributed by atoms with Crippen LogP contribution in [0.5, 0.6) is 0 Å². The minimum Gasteiger partial charge on any atom is -0.369 e. The largest absolute Gasteiger partial charge is 0.369 e. The molecular weight excluding hydrogens is 176 g/mol. The van der Waals surface area contributed by atoms with E-state index in [1.807, 2.05) is 36.4 Å². The van der Waals surface area contributed by atoms with Gasteiger partial charge in [0.25, 0.3) is 0 Å². The number of hydrogen-bond acceptors (Lipinski definition) is 2. The maximum Gasteiger partial charge on any atom is 0.223 e. The summed E-state index contributed by atoms with van der Waals surface area (Å²) in [7, 11) is 0. The Morgan fingerprint density at radius 1 is 1.21 bits per heavy atom. The van der Waals surface area contributed by atoms with Gasteiger partial charge >= 0.3 is 0 Å². The summed E-state index contributed by atoms with van der Waals surface area (Å²) in [4.78, 5) is 15.0. The standard InChI is InChI=1S/C11H10N2O/c12-11(14)7-9-6-5-8-3-1-2-4-10(8)13-9/h1-6H,7H2,(H2,12,14). The zero-order valence-electron chi connectivity index (χ0n) is 7.60. The van der Waals surface area contributed by atoms with Crippen molar-refractivity contribution in [2.24, 2.45) is 5.73 Å². The summed E-state index contributed by atoms with van der Waals surface area (Å²) in [6.07, 6.45) is 0.199. The van der Waals surface area contributed by atoms with Gasteiger partial charge in [0.15, 0.2) is 0 Å². The highest BCUT2D eigenvalue weighted by atomic mass is 16.1. The van der Waals surface area contributed by atoms with Crippen LogP contribution in [-0.2, 0) is 11.2 Å². The third kappa shape index (κ3) is 1.71. The second-order valence-electron chi connectivity index (χ2n) is 3.14. The highest BCUT2D eigenvalue weighted by molar-refractivity contribution is 5.80. The Morgan fingerprint density at radius 2 is 2.00 bits per heavy atom. The Morgan fingerprint density at radius 3 is 2.79 bits per heavy atom. The van der Waals surface area contributed by atoms with Crippen molar-refractivity contribution in [3.63, 3.8) is 0 Å². The molecule has 2 rings (SSSR count). The van der Waals surface area contributed by atoms with E-state index in [0.717, 1.165) is 16.6 Å². The van der Waals surface area contributed by atoms with Crippen molar-refractivity contribution < 1.29 is 4.79 Å². The van der Waals surface area contributed by atoms with Gasteiger partial charge in [-0.3, -0.25) is 9.78 Å². The molecule has 3 nitrogen and oxygen atoms in total.